The number of primary amides is 1. The molecule has 0 bridgehead atoms. The molecule has 4 N–H and O–H groups in total. The van der Waals surface area contributed by atoms with Crippen molar-refractivity contribution in [3.63, 3.8) is 0 Å². The lowest BCUT2D eigenvalue weighted by Crippen LogP contribution is -2.49. The maximum Gasteiger partial charge on any atom is 0.312 e. The van der Waals surface area contributed by atoms with Crippen LogP contribution in [0.4, 0.5) is 10.5 Å². The number of amides is 3. The van der Waals surface area contributed by atoms with Crippen LogP contribution in [-0.4, -0.2) is 18.0 Å². The molecule has 0 aliphatic carbocycles. The van der Waals surface area contributed by atoms with Crippen LogP contribution in [0, 0.1) is 5.92 Å². The summed E-state index contributed by atoms with van der Waals surface area (Å²) < 4.78 is 0. The minimum Gasteiger partial charge on any atom is -0.352 e. The Hall–Kier alpha value is -2.04. The maximum atomic E-state index is 12.1. The van der Waals surface area contributed by atoms with E-state index in [1.165, 1.54) is 0 Å². The summed E-state index contributed by atoms with van der Waals surface area (Å²) in [4.78, 5) is 23.0. The van der Waals surface area contributed by atoms with Gasteiger partial charge in [-0.2, -0.15) is 0 Å². The largest absolute Gasteiger partial charge is 0.352 e. The standard InChI is InChI=1S/C14H21N3O2/c1-4-10-6-5-7-11(8-10)16-13(18)12(9(2)3)17-14(15)19/h5-9,12H,4H2,1-3H3,(H,16,18)(H3,15,17,19)/t12-/m0/s1. The number of carbonyl (C=O) groups excluding carboxylic acids is 2. The first-order valence-electron chi connectivity index (χ1n) is 6.39. The van der Waals surface area contributed by atoms with Gasteiger partial charge >= 0.3 is 6.03 Å². The number of carbonyl (C=O) groups is 2. The van der Waals surface area contributed by atoms with Crippen LogP contribution in [0.2, 0.25) is 0 Å². The molecule has 0 unspecified atom stereocenters. The van der Waals surface area contributed by atoms with Gasteiger partial charge in [-0.1, -0.05) is 32.9 Å². The fourth-order valence-electron chi connectivity index (χ4n) is 1.78. The van der Waals surface area contributed by atoms with E-state index < -0.39 is 12.1 Å². The molecule has 0 aromatic heterocycles. The van der Waals surface area contributed by atoms with Gasteiger partial charge in [0.25, 0.3) is 0 Å². The molecule has 19 heavy (non-hydrogen) atoms. The van der Waals surface area contributed by atoms with E-state index in [0.29, 0.717) is 0 Å². The molecule has 1 aromatic carbocycles. The predicted octanol–water partition coefficient (Wildman–Crippen LogP) is 1.88. The van der Waals surface area contributed by atoms with Gasteiger partial charge in [0.1, 0.15) is 6.04 Å². The number of hydrogen-bond donors (Lipinski definition) is 3. The van der Waals surface area contributed by atoms with Gasteiger partial charge < -0.3 is 16.4 Å². The number of anilines is 1. The summed E-state index contributed by atoms with van der Waals surface area (Å²) in [5, 5.41) is 5.25. The number of benzene rings is 1. The summed E-state index contributed by atoms with van der Waals surface area (Å²) in [6, 6.07) is 6.29. The third kappa shape index (κ3) is 4.62. The van der Waals surface area contributed by atoms with Crippen LogP contribution in [0.3, 0.4) is 0 Å². The third-order valence-electron chi connectivity index (χ3n) is 2.85. The minimum atomic E-state index is -0.698. The Morgan fingerprint density at radius 2 is 2.00 bits per heavy atom. The van der Waals surface area contributed by atoms with Crippen LogP contribution in [-0.2, 0) is 11.2 Å². The van der Waals surface area contributed by atoms with Gasteiger partial charge in [-0.15, -0.1) is 0 Å². The van der Waals surface area contributed by atoms with Gasteiger partial charge in [-0.25, -0.2) is 4.79 Å². The topological polar surface area (TPSA) is 84.2 Å². The molecule has 5 heteroatoms. The molecular weight excluding hydrogens is 242 g/mol. The first kappa shape index (κ1) is 15.0. The summed E-state index contributed by atoms with van der Waals surface area (Å²) in [6.07, 6.45) is 0.900. The highest BCUT2D eigenvalue weighted by Gasteiger charge is 2.23. The number of nitrogens with one attached hydrogen (secondary N) is 2. The number of urea groups is 1. The van der Waals surface area contributed by atoms with E-state index in [4.69, 9.17) is 5.73 Å². The third-order valence-corrected chi connectivity index (χ3v) is 2.85. The van der Waals surface area contributed by atoms with Gasteiger partial charge in [0.2, 0.25) is 5.91 Å². The van der Waals surface area contributed by atoms with E-state index in [-0.39, 0.29) is 11.8 Å². The summed E-state index contributed by atoms with van der Waals surface area (Å²) in [5.41, 5.74) is 6.94. The van der Waals surface area contributed by atoms with E-state index in [9.17, 15) is 9.59 Å². The Morgan fingerprint density at radius 1 is 1.32 bits per heavy atom. The van der Waals surface area contributed by atoms with Crippen LogP contribution >= 0.6 is 0 Å². The first-order valence-corrected chi connectivity index (χ1v) is 6.39. The van der Waals surface area contributed by atoms with Gasteiger partial charge in [0, 0.05) is 5.69 Å². The van der Waals surface area contributed by atoms with E-state index >= 15 is 0 Å². The molecule has 0 fully saturated rings. The minimum absolute atomic E-state index is 0.0399. The van der Waals surface area contributed by atoms with E-state index in [1.54, 1.807) is 0 Å². The molecule has 0 spiro atoms. The Bertz CT molecular complexity index is 458. The van der Waals surface area contributed by atoms with Gasteiger partial charge in [0.15, 0.2) is 0 Å². The van der Waals surface area contributed by atoms with Crippen LogP contribution < -0.4 is 16.4 Å². The smallest absolute Gasteiger partial charge is 0.312 e. The molecule has 104 valence electrons. The SMILES string of the molecule is CCc1cccc(NC(=O)[C@@H](NC(N)=O)C(C)C)c1. The molecule has 0 saturated heterocycles. The molecule has 0 saturated carbocycles. The molecule has 0 aliphatic heterocycles. The normalized spacial score (nSPS) is 12.0. The molecule has 0 heterocycles. The average molecular weight is 263 g/mol. The lowest BCUT2D eigenvalue weighted by atomic mass is 10.0. The molecular formula is C14H21N3O2. The zero-order valence-electron chi connectivity index (χ0n) is 11.6. The van der Waals surface area contributed by atoms with Crippen molar-refractivity contribution in [3.8, 4) is 0 Å². The van der Waals surface area contributed by atoms with Gasteiger partial charge in [-0.05, 0) is 30.0 Å². The molecule has 5 nitrogen and oxygen atoms in total. The second-order valence-electron chi connectivity index (χ2n) is 4.77. The second-order valence-corrected chi connectivity index (χ2v) is 4.77. The number of nitrogens with two attached hydrogens (primary N) is 1. The van der Waals surface area contributed by atoms with Crippen molar-refractivity contribution in [2.45, 2.75) is 33.2 Å². The van der Waals surface area contributed by atoms with E-state index in [0.717, 1.165) is 17.7 Å². The summed E-state index contributed by atoms with van der Waals surface area (Å²) in [7, 11) is 0. The first-order chi connectivity index (χ1) is 8.93. The highest BCUT2D eigenvalue weighted by Crippen LogP contribution is 2.13. The molecule has 1 rings (SSSR count). The highest BCUT2D eigenvalue weighted by molar-refractivity contribution is 5.97. The molecule has 3 amide bonds. The lowest BCUT2D eigenvalue weighted by Gasteiger charge is -2.20. The lowest BCUT2D eigenvalue weighted by molar-refractivity contribution is -0.118. The van der Waals surface area contributed by atoms with E-state index in [1.807, 2.05) is 45.0 Å². The Balaban J connectivity index is 2.77. The number of aryl methyl sites for hydroxylation is 1. The van der Waals surface area contributed by atoms with Gasteiger partial charge in [0.05, 0.1) is 0 Å². The van der Waals surface area contributed by atoms with Crippen LogP contribution in [0.5, 0.6) is 0 Å². The molecule has 1 aromatic rings. The summed E-state index contributed by atoms with van der Waals surface area (Å²) >= 11 is 0. The van der Waals surface area contributed by atoms with Crippen molar-refractivity contribution in [1.82, 2.24) is 5.32 Å². The average Bonchev–Trinajstić information content (AvgIpc) is 2.35. The van der Waals surface area contributed by atoms with Crippen LogP contribution in [0.25, 0.3) is 0 Å². The fraction of sp³-hybridized carbons (Fsp3) is 0.429. The quantitative estimate of drug-likeness (QED) is 0.757. The summed E-state index contributed by atoms with van der Waals surface area (Å²) in [6.45, 7) is 5.75. The molecule has 0 radical (unpaired) electrons. The van der Waals surface area contributed by atoms with Crippen molar-refractivity contribution in [2.75, 3.05) is 5.32 Å². The number of rotatable bonds is 5. The van der Waals surface area contributed by atoms with Crippen molar-refractivity contribution in [2.24, 2.45) is 11.7 Å². The maximum absolute atomic E-state index is 12.1. The monoisotopic (exact) mass is 263 g/mol. The predicted molar refractivity (Wildman–Crippen MR) is 75.8 cm³/mol. The van der Waals surface area contributed by atoms with Crippen LogP contribution in [0.15, 0.2) is 24.3 Å². The van der Waals surface area contributed by atoms with Crippen molar-refractivity contribution < 1.29 is 9.59 Å². The van der Waals surface area contributed by atoms with Crippen LogP contribution in [0.1, 0.15) is 26.3 Å². The fourth-order valence-corrected chi connectivity index (χ4v) is 1.78. The zero-order chi connectivity index (χ0) is 14.4. The van der Waals surface area contributed by atoms with Crippen molar-refractivity contribution in [3.05, 3.63) is 29.8 Å². The Labute approximate surface area is 113 Å². The van der Waals surface area contributed by atoms with E-state index in [2.05, 4.69) is 10.6 Å². The highest BCUT2D eigenvalue weighted by atomic mass is 16.2. The Morgan fingerprint density at radius 3 is 2.53 bits per heavy atom. The molecule has 0 aliphatic rings. The molecule has 1 atom stereocenters. The number of hydrogen-bond acceptors (Lipinski definition) is 2. The zero-order valence-corrected chi connectivity index (χ0v) is 11.6. The van der Waals surface area contributed by atoms with Crippen molar-refractivity contribution in [1.29, 1.82) is 0 Å². The van der Waals surface area contributed by atoms with Crippen molar-refractivity contribution >= 4 is 17.6 Å². The second kappa shape index (κ2) is 6.78. The van der Waals surface area contributed by atoms with Gasteiger partial charge in [-0.3, -0.25) is 4.79 Å². The Kier molecular flexibility index (Phi) is 5.36. The summed E-state index contributed by atoms with van der Waals surface area (Å²) in [5.74, 6) is -0.302.